The first kappa shape index (κ1) is 30.8. The van der Waals surface area contributed by atoms with E-state index in [2.05, 4.69) is 84.9 Å². The first-order valence-electron chi connectivity index (χ1n) is 17.3. The molecule has 0 amide bonds. The average molecular weight is 697 g/mol. The van der Waals surface area contributed by atoms with E-state index in [0.717, 1.165) is 64.9 Å². The minimum absolute atomic E-state index is 0.597. The molecule has 0 unspecified atom stereocenters. The van der Waals surface area contributed by atoms with Crippen LogP contribution in [-0.2, 0) is 0 Å². The summed E-state index contributed by atoms with van der Waals surface area (Å²) in [4.78, 5) is 30.4. The molecule has 248 valence electrons. The van der Waals surface area contributed by atoms with Crippen molar-refractivity contribution in [2.24, 2.45) is 0 Å². The van der Waals surface area contributed by atoms with E-state index in [4.69, 9.17) is 29.9 Å². The lowest BCUT2D eigenvalue weighted by Gasteiger charge is -2.09. The Morgan fingerprint density at radius 2 is 0.849 bits per heavy atom. The molecular formula is C46H28N6S. The molecule has 0 spiro atoms. The van der Waals surface area contributed by atoms with Crippen molar-refractivity contribution in [3.05, 3.63) is 170 Å². The van der Waals surface area contributed by atoms with Crippen LogP contribution in [-0.4, -0.2) is 29.9 Å². The number of benzene rings is 6. The van der Waals surface area contributed by atoms with E-state index in [0.29, 0.717) is 23.3 Å². The molecule has 7 heteroatoms. The fourth-order valence-corrected chi connectivity index (χ4v) is 7.61. The van der Waals surface area contributed by atoms with Gasteiger partial charge in [-0.3, -0.25) is 0 Å². The van der Waals surface area contributed by atoms with Crippen LogP contribution in [0.1, 0.15) is 0 Å². The second kappa shape index (κ2) is 13.0. The molecule has 4 aromatic heterocycles. The number of rotatable bonds is 6. The minimum Gasteiger partial charge on any atom is -0.245 e. The molecule has 0 saturated heterocycles. The van der Waals surface area contributed by atoms with E-state index in [1.54, 1.807) is 11.3 Å². The van der Waals surface area contributed by atoms with Crippen molar-refractivity contribution in [1.82, 2.24) is 29.9 Å². The Labute approximate surface area is 309 Å². The first-order chi connectivity index (χ1) is 26.2. The van der Waals surface area contributed by atoms with Gasteiger partial charge in [0.1, 0.15) is 4.83 Å². The number of hydrogen-bond donors (Lipinski definition) is 0. The third kappa shape index (κ3) is 5.89. The number of fused-ring (bicyclic) bond motifs is 4. The van der Waals surface area contributed by atoms with Crippen molar-refractivity contribution in [3.63, 3.8) is 0 Å². The molecule has 0 bridgehead atoms. The summed E-state index contributed by atoms with van der Waals surface area (Å²) in [5, 5.41) is 3.45. The normalized spacial score (nSPS) is 11.4. The molecule has 0 aliphatic heterocycles. The fourth-order valence-electron chi connectivity index (χ4n) is 6.67. The molecule has 0 aliphatic rings. The predicted octanol–water partition coefficient (Wildman–Crippen LogP) is 11.6. The van der Waals surface area contributed by atoms with E-state index in [9.17, 15) is 0 Å². The van der Waals surface area contributed by atoms with Gasteiger partial charge in [-0.1, -0.05) is 146 Å². The number of aromatic nitrogens is 6. The topological polar surface area (TPSA) is 77.3 Å². The maximum Gasteiger partial charge on any atom is 0.164 e. The fraction of sp³-hybridized carbons (Fsp3) is 0. The van der Waals surface area contributed by atoms with Crippen molar-refractivity contribution in [3.8, 4) is 67.8 Å². The summed E-state index contributed by atoms with van der Waals surface area (Å²) in [6, 6.07) is 54.0. The van der Waals surface area contributed by atoms with Gasteiger partial charge in [-0.2, -0.15) is 0 Å². The monoisotopic (exact) mass is 696 g/mol. The van der Waals surface area contributed by atoms with Crippen LogP contribution in [0.4, 0.5) is 0 Å². The summed E-state index contributed by atoms with van der Waals surface area (Å²) in [5.41, 5.74) is 9.03. The molecule has 0 aliphatic carbocycles. The van der Waals surface area contributed by atoms with Gasteiger partial charge in [0, 0.05) is 45.6 Å². The SMILES string of the molecule is c1ccc(-c2ccc(-c3nc(-c4ccccc4)nc(-c4ccc(-c5ncc6sc7ncc(-c8ccc9ccccc9c8)cc7c6n5)cc4)n3)cc2)cc1. The maximum absolute atomic E-state index is 5.08. The lowest BCUT2D eigenvalue weighted by atomic mass is 10.0. The molecule has 10 rings (SSSR count). The van der Waals surface area contributed by atoms with Crippen LogP contribution in [0, 0.1) is 0 Å². The zero-order chi connectivity index (χ0) is 35.1. The van der Waals surface area contributed by atoms with Crippen LogP contribution >= 0.6 is 11.3 Å². The van der Waals surface area contributed by atoms with E-state index >= 15 is 0 Å². The van der Waals surface area contributed by atoms with Gasteiger partial charge in [-0.25, -0.2) is 29.9 Å². The highest BCUT2D eigenvalue weighted by Gasteiger charge is 2.15. The zero-order valence-electron chi connectivity index (χ0n) is 28.3. The Balaban J connectivity index is 0.998. The highest BCUT2D eigenvalue weighted by molar-refractivity contribution is 7.25. The second-order valence-corrected chi connectivity index (χ2v) is 13.9. The standard InChI is InChI=1S/C46H28N6S/c1-3-9-29(10-4-1)31-15-18-34(19-16-31)44-50-43(32-12-5-2-6-13-32)51-45(52-44)35-22-20-33(21-23-35)42-47-28-40-41(49-42)39-26-38(27-48-46(39)53-40)37-24-17-30-11-7-8-14-36(30)25-37/h1-28H. The van der Waals surface area contributed by atoms with Gasteiger partial charge in [0.2, 0.25) is 0 Å². The summed E-state index contributed by atoms with van der Waals surface area (Å²) in [6.07, 6.45) is 3.85. The van der Waals surface area contributed by atoms with Crippen LogP contribution in [0.15, 0.2) is 170 Å². The van der Waals surface area contributed by atoms with Gasteiger partial charge in [-0.15, -0.1) is 11.3 Å². The molecule has 53 heavy (non-hydrogen) atoms. The Morgan fingerprint density at radius 3 is 1.51 bits per heavy atom. The zero-order valence-corrected chi connectivity index (χ0v) is 29.1. The highest BCUT2D eigenvalue weighted by atomic mass is 32.1. The van der Waals surface area contributed by atoms with Crippen molar-refractivity contribution in [1.29, 1.82) is 0 Å². The lowest BCUT2D eigenvalue weighted by Crippen LogP contribution is -2.00. The minimum atomic E-state index is 0.597. The third-order valence-corrected chi connectivity index (χ3v) is 10.5. The van der Waals surface area contributed by atoms with E-state index in [1.807, 2.05) is 85.2 Å². The second-order valence-electron chi connectivity index (χ2n) is 12.8. The Morgan fingerprint density at radius 1 is 0.340 bits per heavy atom. The largest absolute Gasteiger partial charge is 0.245 e. The van der Waals surface area contributed by atoms with Gasteiger partial charge >= 0.3 is 0 Å². The highest BCUT2D eigenvalue weighted by Crippen LogP contribution is 2.36. The molecule has 6 aromatic carbocycles. The summed E-state index contributed by atoms with van der Waals surface area (Å²) in [7, 11) is 0. The number of nitrogens with zero attached hydrogens (tertiary/aromatic N) is 6. The van der Waals surface area contributed by atoms with Crippen molar-refractivity contribution < 1.29 is 0 Å². The number of pyridine rings is 1. The van der Waals surface area contributed by atoms with Gasteiger partial charge < -0.3 is 0 Å². The summed E-state index contributed by atoms with van der Waals surface area (Å²) in [5.74, 6) is 2.49. The van der Waals surface area contributed by atoms with Crippen LogP contribution in [0.3, 0.4) is 0 Å². The van der Waals surface area contributed by atoms with Crippen LogP contribution in [0.25, 0.3) is 99.0 Å². The lowest BCUT2D eigenvalue weighted by molar-refractivity contribution is 1.07. The molecule has 6 nitrogen and oxygen atoms in total. The summed E-state index contributed by atoms with van der Waals surface area (Å²) < 4.78 is 1.01. The van der Waals surface area contributed by atoms with Gasteiger partial charge in [-0.05, 0) is 39.6 Å². The van der Waals surface area contributed by atoms with Gasteiger partial charge in [0.25, 0.3) is 0 Å². The van der Waals surface area contributed by atoms with Crippen LogP contribution in [0.5, 0.6) is 0 Å². The van der Waals surface area contributed by atoms with Crippen LogP contribution in [0.2, 0.25) is 0 Å². The third-order valence-electron chi connectivity index (χ3n) is 9.47. The maximum atomic E-state index is 5.08. The Bertz CT molecular complexity index is 2930. The smallest absolute Gasteiger partial charge is 0.164 e. The van der Waals surface area contributed by atoms with Gasteiger partial charge in [0.15, 0.2) is 23.3 Å². The molecule has 0 radical (unpaired) electrons. The molecular weight excluding hydrogens is 669 g/mol. The number of hydrogen-bond acceptors (Lipinski definition) is 7. The summed E-state index contributed by atoms with van der Waals surface area (Å²) in [6.45, 7) is 0. The van der Waals surface area contributed by atoms with Gasteiger partial charge in [0.05, 0.1) is 10.2 Å². The van der Waals surface area contributed by atoms with E-state index in [1.165, 1.54) is 10.8 Å². The average Bonchev–Trinajstić information content (AvgIpc) is 3.61. The van der Waals surface area contributed by atoms with Crippen molar-refractivity contribution >= 4 is 42.5 Å². The first-order valence-corrected chi connectivity index (χ1v) is 18.2. The predicted molar refractivity (Wildman–Crippen MR) is 216 cm³/mol. The van der Waals surface area contributed by atoms with Crippen molar-refractivity contribution in [2.75, 3.05) is 0 Å². The molecule has 4 heterocycles. The molecule has 0 fully saturated rings. The van der Waals surface area contributed by atoms with Crippen LogP contribution < -0.4 is 0 Å². The summed E-state index contributed by atoms with van der Waals surface area (Å²) >= 11 is 1.61. The Hall–Kier alpha value is -6.96. The molecule has 0 atom stereocenters. The van der Waals surface area contributed by atoms with Crippen molar-refractivity contribution in [2.45, 2.75) is 0 Å². The van der Waals surface area contributed by atoms with E-state index < -0.39 is 0 Å². The Kier molecular flexibility index (Phi) is 7.55. The molecule has 10 aromatic rings. The number of thiophene rings is 1. The quantitative estimate of drug-likeness (QED) is 0.172. The van der Waals surface area contributed by atoms with E-state index in [-0.39, 0.29) is 0 Å². The molecule has 0 N–H and O–H groups in total. The molecule has 0 saturated carbocycles.